The smallest absolute Gasteiger partial charge is 0.194 e. The Labute approximate surface area is 230 Å². The van der Waals surface area contributed by atoms with Crippen LogP contribution in [0, 0.1) is 0 Å². The molecule has 0 saturated carbocycles. The van der Waals surface area contributed by atoms with Crippen molar-refractivity contribution in [1.82, 2.24) is 4.90 Å². The van der Waals surface area contributed by atoms with Gasteiger partial charge < -0.3 is 18.9 Å². The molecule has 1 heterocycles. The van der Waals surface area contributed by atoms with Crippen LogP contribution in [0.1, 0.15) is 29.8 Å². The molecule has 0 aliphatic carbocycles. The number of carbonyl (C=O) groups is 1. The average Bonchev–Trinajstić information content (AvgIpc) is 2.98. The topological polar surface area (TPSA) is 57.2 Å². The molecule has 0 amide bonds. The summed E-state index contributed by atoms with van der Waals surface area (Å²) >= 11 is 0. The Hall–Kier alpha value is -3.87. The molecule has 4 aromatic rings. The van der Waals surface area contributed by atoms with Gasteiger partial charge in [-0.1, -0.05) is 24.3 Å². The number of rotatable bonds is 11. The molecule has 0 aromatic heterocycles. The van der Waals surface area contributed by atoms with Crippen LogP contribution in [0.5, 0.6) is 17.2 Å². The van der Waals surface area contributed by atoms with Crippen molar-refractivity contribution in [3.63, 3.8) is 0 Å². The first kappa shape index (κ1) is 26.7. The first-order valence-electron chi connectivity index (χ1n) is 13.7. The molecule has 6 heteroatoms. The molecule has 0 bridgehead atoms. The zero-order chi connectivity index (χ0) is 27.0. The zero-order valence-corrected chi connectivity index (χ0v) is 22.7. The van der Waals surface area contributed by atoms with E-state index in [9.17, 15) is 4.79 Å². The lowest BCUT2D eigenvalue weighted by Crippen LogP contribution is -2.38. The molecule has 39 heavy (non-hydrogen) atoms. The third-order valence-electron chi connectivity index (χ3n) is 6.90. The fourth-order valence-electron chi connectivity index (χ4n) is 4.91. The summed E-state index contributed by atoms with van der Waals surface area (Å²) < 4.78 is 22.7. The molecule has 0 N–H and O–H groups in total. The van der Waals surface area contributed by atoms with E-state index < -0.39 is 0 Å². The van der Waals surface area contributed by atoms with Crippen molar-refractivity contribution in [2.75, 3.05) is 52.7 Å². The summed E-state index contributed by atoms with van der Waals surface area (Å²) in [5, 5.41) is 1.85. The van der Waals surface area contributed by atoms with Crippen LogP contribution < -0.4 is 14.2 Å². The molecule has 1 aliphatic heterocycles. The monoisotopic (exact) mass is 525 g/mol. The molecule has 0 spiro atoms. The second kappa shape index (κ2) is 12.8. The Balaban J connectivity index is 1.43. The van der Waals surface area contributed by atoms with Crippen molar-refractivity contribution >= 4 is 16.6 Å². The van der Waals surface area contributed by atoms with Crippen LogP contribution in [0.15, 0.2) is 78.9 Å². The van der Waals surface area contributed by atoms with Crippen molar-refractivity contribution in [2.24, 2.45) is 0 Å². The number of benzene rings is 4. The molecular formula is C33H35NO5. The van der Waals surface area contributed by atoms with Crippen molar-refractivity contribution in [3.8, 4) is 28.4 Å². The number of fused-ring (bicyclic) bond motifs is 1. The minimum absolute atomic E-state index is 0.0338. The van der Waals surface area contributed by atoms with Gasteiger partial charge in [-0.05, 0) is 90.3 Å². The van der Waals surface area contributed by atoms with Crippen LogP contribution in [-0.4, -0.2) is 63.4 Å². The van der Waals surface area contributed by atoms with E-state index in [4.69, 9.17) is 18.9 Å². The van der Waals surface area contributed by atoms with Crippen LogP contribution >= 0.6 is 0 Å². The highest BCUT2D eigenvalue weighted by molar-refractivity contribution is 6.20. The van der Waals surface area contributed by atoms with Gasteiger partial charge in [0.2, 0.25) is 0 Å². The van der Waals surface area contributed by atoms with E-state index >= 15 is 0 Å². The van der Waals surface area contributed by atoms with E-state index in [0.717, 1.165) is 72.0 Å². The van der Waals surface area contributed by atoms with Gasteiger partial charge in [-0.15, -0.1) is 0 Å². The lowest BCUT2D eigenvalue weighted by atomic mass is 9.89. The first-order chi connectivity index (χ1) is 19.2. The van der Waals surface area contributed by atoms with E-state index in [-0.39, 0.29) is 5.78 Å². The fourth-order valence-corrected chi connectivity index (χ4v) is 4.91. The SMILES string of the molecule is CCOc1ccc(-c2ccc3cc(OCC)ccc3c2C(=O)c2ccc(OCCN3CCOCC3)cc2)cc1. The van der Waals surface area contributed by atoms with E-state index in [0.29, 0.717) is 30.9 Å². The summed E-state index contributed by atoms with van der Waals surface area (Å²) in [5.41, 5.74) is 3.12. The van der Waals surface area contributed by atoms with E-state index in [1.807, 2.05) is 92.7 Å². The normalized spacial score (nSPS) is 13.8. The number of morpholine rings is 1. The number of hydrogen-bond acceptors (Lipinski definition) is 6. The highest BCUT2D eigenvalue weighted by Crippen LogP contribution is 2.35. The van der Waals surface area contributed by atoms with Gasteiger partial charge in [0.05, 0.1) is 26.4 Å². The lowest BCUT2D eigenvalue weighted by molar-refractivity contribution is 0.0322. The standard InChI is InChI=1S/C33H35NO5/c1-3-37-27-10-5-24(6-11-27)30-15-9-26-23-29(38-4-2)14-16-31(26)32(30)33(35)25-7-12-28(13-8-25)39-22-19-34-17-20-36-21-18-34/h5-16,23H,3-4,17-22H2,1-2H3. The van der Waals surface area contributed by atoms with Crippen molar-refractivity contribution in [1.29, 1.82) is 0 Å². The molecule has 4 aromatic carbocycles. The summed E-state index contributed by atoms with van der Waals surface area (Å²) in [5.74, 6) is 2.32. The number of hydrogen-bond donors (Lipinski definition) is 0. The Bertz CT molecular complexity index is 1390. The van der Waals surface area contributed by atoms with Crippen LogP contribution in [-0.2, 0) is 4.74 Å². The van der Waals surface area contributed by atoms with Crippen molar-refractivity contribution in [2.45, 2.75) is 13.8 Å². The van der Waals surface area contributed by atoms with Crippen LogP contribution in [0.4, 0.5) is 0 Å². The Morgan fingerprint density at radius 1 is 0.769 bits per heavy atom. The third kappa shape index (κ3) is 6.41. The van der Waals surface area contributed by atoms with E-state index in [1.165, 1.54) is 0 Å². The maximum absolute atomic E-state index is 14.1. The van der Waals surface area contributed by atoms with Gasteiger partial charge in [0, 0.05) is 30.8 Å². The predicted molar refractivity (Wildman–Crippen MR) is 154 cm³/mol. The van der Waals surface area contributed by atoms with Crippen LogP contribution in [0.2, 0.25) is 0 Å². The summed E-state index contributed by atoms with van der Waals surface area (Å²) in [4.78, 5) is 16.4. The predicted octanol–water partition coefficient (Wildman–Crippen LogP) is 6.25. The summed E-state index contributed by atoms with van der Waals surface area (Å²) in [6.45, 7) is 9.99. The maximum atomic E-state index is 14.1. The summed E-state index contributed by atoms with van der Waals surface area (Å²) in [6.07, 6.45) is 0. The largest absolute Gasteiger partial charge is 0.494 e. The molecule has 5 rings (SSSR count). The summed E-state index contributed by atoms with van der Waals surface area (Å²) in [7, 11) is 0. The molecular weight excluding hydrogens is 490 g/mol. The average molecular weight is 526 g/mol. The quantitative estimate of drug-likeness (QED) is 0.216. The Kier molecular flexibility index (Phi) is 8.76. The second-order valence-corrected chi connectivity index (χ2v) is 9.42. The first-order valence-corrected chi connectivity index (χ1v) is 13.7. The van der Waals surface area contributed by atoms with Gasteiger partial charge in [-0.25, -0.2) is 0 Å². The number of ether oxygens (including phenoxy) is 4. The molecule has 0 atom stereocenters. The number of ketones is 1. The van der Waals surface area contributed by atoms with Gasteiger partial charge in [-0.3, -0.25) is 9.69 Å². The van der Waals surface area contributed by atoms with E-state index in [1.54, 1.807) is 0 Å². The van der Waals surface area contributed by atoms with E-state index in [2.05, 4.69) is 4.90 Å². The Morgan fingerprint density at radius 2 is 1.41 bits per heavy atom. The van der Waals surface area contributed by atoms with Gasteiger partial charge in [-0.2, -0.15) is 0 Å². The van der Waals surface area contributed by atoms with Gasteiger partial charge in [0.15, 0.2) is 5.78 Å². The lowest BCUT2D eigenvalue weighted by Gasteiger charge is -2.26. The molecule has 1 fully saturated rings. The number of nitrogens with zero attached hydrogens (tertiary/aromatic N) is 1. The van der Waals surface area contributed by atoms with Crippen LogP contribution in [0.3, 0.4) is 0 Å². The molecule has 6 nitrogen and oxygen atoms in total. The van der Waals surface area contributed by atoms with Crippen molar-refractivity contribution in [3.05, 3.63) is 90.0 Å². The van der Waals surface area contributed by atoms with Gasteiger partial charge in [0.25, 0.3) is 0 Å². The third-order valence-corrected chi connectivity index (χ3v) is 6.90. The van der Waals surface area contributed by atoms with Gasteiger partial charge in [0.1, 0.15) is 23.9 Å². The van der Waals surface area contributed by atoms with Crippen LogP contribution in [0.25, 0.3) is 21.9 Å². The molecule has 1 saturated heterocycles. The molecule has 202 valence electrons. The molecule has 0 unspecified atom stereocenters. The highest BCUT2D eigenvalue weighted by Gasteiger charge is 2.19. The van der Waals surface area contributed by atoms with Gasteiger partial charge >= 0.3 is 0 Å². The zero-order valence-electron chi connectivity index (χ0n) is 22.7. The highest BCUT2D eigenvalue weighted by atomic mass is 16.5. The Morgan fingerprint density at radius 3 is 2.13 bits per heavy atom. The second-order valence-electron chi connectivity index (χ2n) is 9.42. The molecule has 0 radical (unpaired) electrons. The number of carbonyl (C=O) groups excluding carboxylic acids is 1. The van der Waals surface area contributed by atoms with Crippen molar-refractivity contribution < 1.29 is 23.7 Å². The minimum atomic E-state index is -0.0338. The minimum Gasteiger partial charge on any atom is -0.494 e. The fraction of sp³-hybridized carbons (Fsp3) is 0.303. The maximum Gasteiger partial charge on any atom is 0.194 e. The summed E-state index contributed by atoms with van der Waals surface area (Å²) in [6, 6.07) is 25.3. The molecule has 1 aliphatic rings.